The Morgan fingerprint density at radius 3 is 2.90 bits per heavy atom. The molecule has 0 saturated carbocycles. The van der Waals surface area contributed by atoms with Crippen LogP contribution in [0.2, 0.25) is 0 Å². The second-order valence-corrected chi connectivity index (χ2v) is 6.24. The first-order valence-corrected chi connectivity index (χ1v) is 7.86. The van der Waals surface area contributed by atoms with Crippen molar-refractivity contribution in [1.29, 1.82) is 0 Å². The molecule has 0 aliphatic heterocycles. The van der Waals surface area contributed by atoms with Crippen LogP contribution in [0, 0.1) is 13.8 Å². The topological polar surface area (TPSA) is 55.6 Å². The van der Waals surface area contributed by atoms with E-state index in [0.29, 0.717) is 0 Å². The maximum atomic E-state index is 4.52. The lowest BCUT2D eigenvalue weighted by Crippen LogP contribution is -2.18. The highest BCUT2D eigenvalue weighted by atomic mass is 32.1. The summed E-state index contributed by atoms with van der Waals surface area (Å²) in [6.45, 7) is 6.95. The Hall–Kier alpha value is -1.79. The molecule has 3 heterocycles. The molecule has 3 aromatic heterocycles. The average Bonchev–Trinajstić information content (AvgIpc) is 3.01. The standard InChI is InChI=1S/C15H19N5S/c1-9-8-21-15(18-9)11(3)16-6-12-5-13-10(2)19-20(4)14(13)17-7-12/h5,7-8,11,16H,6H2,1-4H3. The number of aryl methyl sites for hydroxylation is 3. The molecule has 1 atom stereocenters. The van der Waals surface area contributed by atoms with Crippen LogP contribution >= 0.6 is 11.3 Å². The van der Waals surface area contributed by atoms with Gasteiger partial charge in [-0.3, -0.25) is 4.68 Å². The van der Waals surface area contributed by atoms with Crippen LogP contribution in [0.4, 0.5) is 0 Å². The SMILES string of the molecule is Cc1csc(C(C)NCc2cnc3c(c2)c(C)nn3C)n1. The van der Waals surface area contributed by atoms with E-state index < -0.39 is 0 Å². The van der Waals surface area contributed by atoms with Crippen molar-refractivity contribution in [3.8, 4) is 0 Å². The largest absolute Gasteiger partial charge is 0.304 e. The van der Waals surface area contributed by atoms with Crippen LogP contribution in [0.3, 0.4) is 0 Å². The number of nitrogens with one attached hydrogen (secondary N) is 1. The fourth-order valence-corrected chi connectivity index (χ4v) is 3.21. The summed E-state index contributed by atoms with van der Waals surface area (Å²) in [5.74, 6) is 0. The molecular formula is C15H19N5S. The molecule has 0 aromatic carbocycles. The average molecular weight is 301 g/mol. The normalized spacial score (nSPS) is 13.0. The van der Waals surface area contributed by atoms with Crippen molar-refractivity contribution in [2.24, 2.45) is 7.05 Å². The monoisotopic (exact) mass is 301 g/mol. The van der Waals surface area contributed by atoms with Gasteiger partial charge < -0.3 is 5.32 Å². The van der Waals surface area contributed by atoms with Crippen LogP contribution in [0.15, 0.2) is 17.6 Å². The van der Waals surface area contributed by atoms with Crippen molar-refractivity contribution in [3.05, 3.63) is 39.6 Å². The lowest BCUT2D eigenvalue weighted by Gasteiger charge is -2.11. The first-order valence-electron chi connectivity index (χ1n) is 6.98. The first-order chi connectivity index (χ1) is 10.0. The minimum Gasteiger partial charge on any atom is -0.304 e. The van der Waals surface area contributed by atoms with Crippen molar-refractivity contribution in [3.63, 3.8) is 0 Å². The van der Waals surface area contributed by atoms with E-state index in [-0.39, 0.29) is 6.04 Å². The number of nitrogens with zero attached hydrogens (tertiary/aromatic N) is 4. The highest BCUT2D eigenvalue weighted by Crippen LogP contribution is 2.19. The zero-order valence-corrected chi connectivity index (χ0v) is 13.5. The molecule has 0 fully saturated rings. The van der Waals surface area contributed by atoms with Crippen molar-refractivity contribution in [2.45, 2.75) is 33.4 Å². The lowest BCUT2D eigenvalue weighted by molar-refractivity contribution is 0.570. The Labute approximate surface area is 128 Å². The number of thiazole rings is 1. The Morgan fingerprint density at radius 1 is 1.38 bits per heavy atom. The number of rotatable bonds is 4. The number of hydrogen-bond acceptors (Lipinski definition) is 5. The highest BCUT2D eigenvalue weighted by Gasteiger charge is 2.10. The van der Waals surface area contributed by atoms with E-state index in [2.05, 4.69) is 38.8 Å². The third-order valence-electron chi connectivity index (χ3n) is 3.54. The molecule has 0 radical (unpaired) electrons. The lowest BCUT2D eigenvalue weighted by atomic mass is 10.2. The molecule has 3 rings (SSSR count). The van der Waals surface area contributed by atoms with Gasteiger partial charge in [0, 0.05) is 36.2 Å². The predicted octanol–water partition coefficient (Wildman–Crippen LogP) is 2.89. The number of pyridine rings is 1. The van der Waals surface area contributed by atoms with Gasteiger partial charge in [0.05, 0.1) is 11.7 Å². The van der Waals surface area contributed by atoms with E-state index in [1.807, 2.05) is 31.8 Å². The summed E-state index contributed by atoms with van der Waals surface area (Å²) in [6.07, 6.45) is 1.91. The molecule has 21 heavy (non-hydrogen) atoms. The van der Waals surface area contributed by atoms with Crippen LogP contribution in [-0.4, -0.2) is 19.7 Å². The first kappa shape index (κ1) is 14.2. The molecule has 6 heteroatoms. The highest BCUT2D eigenvalue weighted by molar-refractivity contribution is 7.09. The molecular weight excluding hydrogens is 282 g/mol. The fraction of sp³-hybridized carbons (Fsp3) is 0.400. The van der Waals surface area contributed by atoms with Crippen molar-refractivity contribution in [2.75, 3.05) is 0 Å². The molecule has 0 saturated heterocycles. The molecule has 0 amide bonds. The van der Waals surface area contributed by atoms with Gasteiger partial charge in [0.1, 0.15) is 5.01 Å². The molecule has 110 valence electrons. The Bertz CT molecular complexity index is 774. The van der Waals surface area contributed by atoms with Crippen LogP contribution in [0.5, 0.6) is 0 Å². The van der Waals surface area contributed by atoms with Crippen LogP contribution in [-0.2, 0) is 13.6 Å². The van der Waals surface area contributed by atoms with Gasteiger partial charge in [0.15, 0.2) is 5.65 Å². The summed E-state index contributed by atoms with van der Waals surface area (Å²) in [5.41, 5.74) is 4.20. The third-order valence-corrected chi connectivity index (χ3v) is 4.68. The molecule has 1 N–H and O–H groups in total. The van der Waals surface area contributed by atoms with E-state index in [9.17, 15) is 0 Å². The van der Waals surface area contributed by atoms with Crippen LogP contribution < -0.4 is 5.32 Å². The Morgan fingerprint density at radius 2 is 2.19 bits per heavy atom. The van der Waals surface area contributed by atoms with E-state index >= 15 is 0 Å². The van der Waals surface area contributed by atoms with Gasteiger partial charge in [0.2, 0.25) is 0 Å². The number of fused-ring (bicyclic) bond motifs is 1. The number of hydrogen-bond donors (Lipinski definition) is 1. The van der Waals surface area contributed by atoms with Gasteiger partial charge in [0.25, 0.3) is 0 Å². The van der Waals surface area contributed by atoms with Gasteiger partial charge >= 0.3 is 0 Å². The summed E-state index contributed by atoms with van der Waals surface area (Å²) in [5, 5.41) is 12.2. The smallest absolute Gasteiger partial charge is 0.157 e. The van der Waals surface area contributed by atoms with Crippen molar-refractivity contribution in [1.82, 2.24) is 25.1 Å². The maximum absolute atomic E-state index is 4.52. The Kier molecular flexibility index (Phi) is 3.73. The van der Waals surface area contributed by atoms with Gasteiger partial charge in [-0.05, 0) is 32.4 Å². The predicted molar refractivity (Wildman–Crippen MR) is 85.4 cm³/mol. The molecule has 1 unspecified atom stereocenters. The van der Waals surface area contributed by atoms with Crippen molar-refractivity contribution < 1.29 is 0 Å². The number of aromatic nitrogens is 4. The van der Waals surface area contributed by atoms with Gasteiger partial charge in [-0.25, -0.2) is 9.97 Å². The molecule has 5 nitrogen and oxygen atoms in total. The van der Waals surface area contributed by atoms with E-state index in [1.54, 1.807) is 11.3 Å². The van der Waals surface area contributed by atoms with Gasteiger partial charge in [-0.1, -0.05) is 0 Å². The van der Waals surface area contributed by atoms with Gasteiger partial charge in [-0.15, -0.1) is 11.3 Å². The van der Waals surface area contributed by atoms with Crippen LogP contribution in [0.25, 0.3) is 11.0 Å². The van der Waals surface area contributed by atoms with E-state index in [1.165, 1.54) is 5.56 Å². The third kappa shape index (κ3) is 2.82. The minimum absolute atomic E-state index is 0.245. The van der Waals surface area contributed by atoms with Crippen molar-refractivity contribution >= 4 is 22.4 Å². The minimum atomic E-state index is 0.245. The zero-order valence-electron chi connectivity index (χ0n) is 12.7. The maximum Gasteiger partial charge on any atom is 0.157 e. The van der Waals surface area contributed by atoms with Gasteiger partial charge in [-0.2, -0.15) is 5.10 Å². The summed E-state index contributed by atoms with van der Waals surface area (Å²) in [7, 11) is 1.92. The Balaban J connectivity index is 1.74. The molecule has 0 bridgehead atoms. The van der Waals surface area contributed by atoms with E-state index in [0.717, 1.165) is 34.0 Å². The summed E-state index contributed by atoms with van der Waals surface area (Å²) < 4.78 is 1.82. The molecule has 0 spiro atoms. The summed E-state index contributed by atoms with van der Waals surface area (Å²) in [6, 6.07) is 2.41. The quantitative estimate of drug-likeness (QED) is 0.805. The van der Waals surface area contributed by atoms with E-state index in [4.69, 9.17) is 0 Å². The summed E-state index contributed by atoms with van der Waals surface area (Å²) in [4.78, 5) is 9.02. The summed E-state index contributed by atoms with van der Waals surface area (Å²) >= 11 is 1.70. The molecule has 0 aliphatic rings. The second-order valence-electron chi connectivity index (χ2n) is 5.35. The molecule has 0 aliphatic carbocycles. The molecule has 3 aromatic rings. The van der Waals surface area contributed by atoms with Crippen LogP contribution in [0.1, 0.15) is 34.9 Å². The fourth-order valence-electron chi connectivity index (χ4n) is 2.38. The second kappa shape index (κ2) is 5.54. The zero-order chi connectivity index (χ0) is 15.0.